The molecule has 0 bridgehead atoms. The Morgan fingerprint density at radius 1 is 1.00 bits per heavy atom. The summed E-state index contributed by atoms with van der Waals surface area (Å²) in [4.78, 5) is 0. The highest BCUT2D eigenvalue weighted by Crippen LogP contribution is 2.47. The normalized spacial score (nSPS) is 22.6. The van der Waals surface area contributed by atoms with Crippen molar-refractivity contribution in [1.29, 1.82) is 0 Å². The number of benzene rings is 1. The molecular weight excluding hydrogens is 228 g/mol. The Hall–Kier alpha value is -1.27. The van der Waals surface area contributed by atoms with Gasteiger partial charge in [-0.1, -0.05) is 24.3 Å². The fraction of sp³-hybridized carbons (Fsp3) is 0.250. The Morgan fingerprint density at radius 3 is 2.47 bits per heavy atom. The number of alkyl halides is 1. The van der Waals surface area contributed by atoms with E-state index in [4.69, 9.17) is 11.6 Å². The zero-order chi connectivity index (χ0) is 12.2. The van der Waals surface area contributed by atoms with Gasteiger partial charge in [-0.05, 0) is 65.8 Å². The van der Waals surface area contributed by atoms with E-state index in [9.17, 15) is 0 Å². The SMILES string of the molecule is CC1=C2C(=Cc3ccccc32)C(Cl)C(C)=C1C. The van der Waals surface area contributed by atoms with Crippen molar-refractivity contribution < 1.29 is 0 Å². The van der Waals surface area contributed by atoms with Gasteiger partial charge in [0.1, 0.15) is 0 Å². The van der Waals surface area contributed by atoms with E-state index in [2.05, 4.69) is 51.1 Å². The minimum Gasteiger partial charge on any atom is -0.113 e. The van der Waals surface area contributed by atoms with Crippen LogP contribution in [0.1, 0.15) is 31.9 Å². The van der Waals surface area contributed by atoms with Gasteiger partial charge in [-0.15, -0.1) is 11.6 Å². The molecule has 0 saturated carbocycles. The van der Waals surface area contributed by atoms with Crippen LogP contribution in [0.25, 0.3) is 11.6 Å². The first-order valence-corrected chi connectivity index (χ1v) is 6.39. The molecule has 0 nitrogen and oxygen atoms in total. The average Bonchev–Trinajstić information content (AvgIpc) is 2.73. The lowest BCUT2D eigenvalue weighted by atomic mass is 9.83. The molecule has 17 heavy (non-hydrogen) atoms. The predicted molar refractivity (Wildman–Crippen MR) is 75.0 cm³/mol. The molecule has 0 spiro atoms. The molecule has 1 aromatic carbocycles. The van der Waals surface area contributed by atoms with Gasteiger partial charge in [-0.3, -0.25) is 0 Å². The first kappa shape index (κ1) is 10.9. The van der Waals surface area contributed by atoms with Crippen molar-refractivity contribution >= 4 is 23.3 Å². The van der Waals surface area contributed by atoms with Gasteiger partial charge in [0.05, 0.1) is 5.38 Å². The molecule has 0 aromatic heterocycles. The maximum Gasteiger partial charge on any atom is 0.0804 e. The predicted octanol–water partition coefficient (Wildman–Crippen LogP) is 4.81. The number of hydrogen-bond acceptors (Lipinski definition) is 0. The van der Waals surface area contributed by atoms with E-state index in [1.807, 2.05) is 0 Å². The van der Waals surface area contributed by atoms with Gasteiger partial charge in [-0.25, -0.2) is 0 Å². The van der Waals surface area contributed by atoms with Crippen molar-refractivity contribution in [2.75, 3.05) is 0 Å². The van der Waals surface area contributed by atoms with Crippen molar-refractivity contribution in [2.45, 2.75) is 26.1 Å². The van der Waals surface area contributed by atoms with Crippen LogP contribution in [0.4, 0.5) is 0 Å². The summed E-state index contributed by atoms with van der Waals surface area (Å²) in [5, 5.41) is 0.0288. The number of allylic oxidation sites excluding steroid dienone is 5. The van der Waals surface area contributed by atoms with Crippen LogP contribution in [0.5, 0.6) is 0 Å². The summed E-state index contributed by atoms with van der Waals surface area (Å²) in [7, 11) is 0. The molecule has 86 valence electrons. The van der Waals surface area contributed by atoms with Gasteiger partial charge in [0.2, 0.25) is 0 Å². The molecule has 3 rings (SSSR count). The van der Waals surface area contributed by atoms with Crippen LogP contribution in [0, 0.1) is 0 Å². The molecule has 0 aliphatic heterocycles. The quantitative estimate of drug-likeness (QED) is 0.573. The van der Waals surface area contributed by atoms with E-state index in [-0.39, 0.29) is 5.38 Å². The fourth-order valence-corrected chi connectivity index (χ4v) is 3.11. The third-order valence-electron chi connectivity index (χ3n) is 4.01. The third-order valence-corrected chi connectivity index (χ3v) is 4.57. The van der Waals surface area contributed by atoms with Crippen LogP contribution >= 0.6 is 11.6 Å². The second-order valence-corrected chi connectivity index (χ2v) is 5.29. The van der Waals surface area contributed by atoms with Crippen molar-refractivity contribution in [3.05, 3.63) is 57.7 Å². The van der Waals surface area contributed by atoms with Crippen LogP contribution in [-0.2, 0) is 0 Å². The molecule has 2 aliphatic carbocycles. The first-order valence-electron chi connectivity index (χ1n) is 5.95. The summed E-state index contributed by atoms with van der Waals surface area (Å²) >= 11 is 6.56. The fourth-order valence-electron chi connectivity index (χ4n) is 2.77. The van der Waals surface area contributed by atoms with Gasteiger partial charge in [-0.2, -0.15) is 0 Å². The van der Waals surface area contributed by atoms with Crippen molar-refractivity contribution in [1.82, 2.24) is 0 Å². The third kappa shape index (κ3) is 1.37. The summed E-state index contributed by atoms with van der Waals surface area (Å²) in [6, 6.07) is 8.53. The molecule has 0 amide bonds. The largest absolute Gasteiger partial charge is 0.113 e. The monoisotopic (exact) mass is 242 g/mol. The Kier molecular flexibility index (Phi) is 2.31. The second-order valence-electron chi connectivity index (χ2n) is 4.86. The van der Waals surface area contributed by atoms with Gasteiger partial charge in [0.25, 0.3) is 0 Å². The maximum absolute atomic E-state index is 6.56. The summed E-state index contributed by atoms with van der Waals surface area (Å²) < 4.78 is 0. The summed E-state index contributed by atoms with van der Waals surface area (Å²) in [5.41, 5.74) is 9.25. The number of hydrogen-bond donors (Lipinski definition) is 0. The molecule has 1 aromatic rings. The van der Waals surface area contributed by atoms with Crippen molar-refractivity contribution in [3.8, 4) is 0 Å². The Balaban J connectivity index is 2.32. The van der Waals surface area contributed by atoms with Gasteiger partial charge in [0.15, 0.2) is 0 Å². The zero-order valence-corrected chi connectivity index (χ0v) is 11.1. The lowest BCUT2D eigenvalue weighted by Gasteiger charge is -2.25. The number of rotatable bonds is 0. The molecule has 0 heterocycles. The first-order chi connectivity index (χ1) is 8.11. The van der Waals surface area contributed by atoms with E-state index >= 15 is 0 Å². The van der Waals surface area contributed by atoms with Gasteiger partial charge < -0.3 is 0 Å². The van der Waals surface area contributed by atoms with Crippen molar-refractivity contribution in [3.63, 3.8) is 0 Å². The Bertz CT molecular complexity index is 600. The van der Waals surface area contributed by atoms with E-state index in [0.29, 0.717) is 0 Å². The summed E-state index contributed by atoms with van der Waals surface area (Å²) in [6.45, 7) is 6.51. The van der Waals surface area contributed by atoms with Crippen LogP contribution in [0.15, 0.2) is 46.6 Å². The Morgan fingerprint density at radius 2 is 1.71 bits per heavy atom. The van der Waals surface area contributed by atoms with Crippen LogP contribution < -0.4 is 0 Å². The molecule has 0 radical (unpaired) electrons. The smallest absolute Gasteiger partial charge is 0.0804 e. The van der Waals surface area contributed by atoms with E-state index in [0.717, 1.165) is 0 Å². The molecule has 0 fully saturated rings. The minimum absolute atomic E-state index is 0.0288. The zero-order valence-electron chi connectivity index (χ0n) is 10.3. The number of fused-ring (bicyclic) bond motifs is 3. The van der Waals surface area contributed by atoms with Crippen LogP contribution in [-0.4, -0.2) is 5.38 Å². The second kappa shape index (κ2) is 3.61. The summed E-state index contributed by atoms with van der Waals surface area (Å²) in [5.74, 6) is 0. The highest BCUT2D eigenvalue weighted by molar-refractivity contribution is 6.28. The molecular formula is C16H15Cl. The molecule has 2 aliphatic rings. The van der Waals surface area contributed by atoms with E-state index in [1.165, 1.54) is 39.0 Å². The molecule has 1 atom stereocenters. The molecule has 0 N–H and O–H groups in total. The summed E-state index contributed by atoms with van der Waals surface area (Å²) in [6.07, 6.45) is 2.24. The van der Waals surface area contributed by atoms with Gasteiger partial charge >= 0.3 is 0 Å². The number of halogens is 1. The van der Waals surface area contributed by atoms with E-state index < -0.39 is 0 Å². The highest BCUT2D eigenvalue weighted by Gasteiger charge is 2.31. The lowest BCUT2D eigenvalue weighted by molar-refractivity contribution is 1.08. The van der Waals surface area contributed by atoms with Crippen LogP contribution in [0.3, 0.4) is 0 Å². The molecule has 0 saturated heterocycles. The topological polar surface area (TPSA) is 0 Å². The molecule has 1 heteroatoms. The minimum atomic E-state index is 0.0288. The average molecular weight is 243 g/mol. The van der Waals surface area contributed by atoms with Crippen LogP contribution in [0.2, 0.25) is 0 Å². The van der Waals surface area contributed by atoms with Gasteiger partial charge in [0, 0.05) is 0 Å². The Labute approximate surface area is 107 Å². The standard InChI is InChI=1S/C16H15Cl/c1-9-10(2)15-13-7-5-4-6-12(13)8-14(15)16(17)11(9)3/h4-8,16H,1-3H3. The lowest BCUT2D eigenvalue weighted by Crippen LogP contribution is -2.13. The highest BCUT2D eigenvalue weighted by atomic mass is 35.5. The molecule has 1 unspecified atom stereocenters. The van der Waals surface area contributed by atoms with Crippen molar-refractivity contribution in [2.24, 2.45) is 0 Å². The maximum atomic E-state index is 6.56. The van der Waals surface area contributed by atoms with E-state index in [1.54, 1.807) is 0 Å².